The van der Waals surface area contributed by atoms with Crippen LogP contribution in [0.4, 0.5) is 0 Å². The summed E-state index contributed by atoms with van der Waals surface area (Å²) in [5.41, 5.74) is 7.30. The lowest BCUT2D eigenvalue weighted by molar-refractivity contribution is 0.414. The highest BCUT2D eigenvalue weighted by Crippen LogP contribution is 2.40. The van der Waals surface area contributed by atoms with Crippen LogP contribution in [0.5, 0.6) is 0 Å². The fraction of sp³-hybridized carbons (Fsp3) is 0.583. The summed E-state index contributed by atoms with van der Waals surface area (Å²) < 4.78 is 0. The van der Waals surface area contributed by atoms with Crippen molar-refractivity contribution in [2.24, 2.45) is 11.7 Å². The van der Waals surface area contributed by atoms with Crippen LogP contribution in [0.2, 0.25) is 0 Å². The van der Waals surface area contributed by atoms with Crippen molar-refractivity contribution in [3.63, 3.8) is 0 Å². The Kier molecular flexibility index (Phi) is 2.55. The quantitative estimate of drug-likeness (QED) is 0.778. The molecule has 0 aliphatic heterocycles. The van der Waals surface area contributed by atoms with Gasteiger partial charge in [0.1, 0.15) is 0 Å². The molecule has 0 saturated heterocycles. The van der Waals surface area contributed by atoms with E-state index in [4.69, 9.17) is 5.73 Å². The molecule has 14 heavy (non-hydrogen) atoms. The number of pyridine rings is 1. The fourth-order valence-corrected chi connectivity index (χ4v) is 2.42. The molecule has 0 aromatic carbocycles. The van der Waals surface area contributed by atoms with Crippen LogP contribution in [0, 0.1) is 5.92 Å². The van der Waals surface area contributed by atoms with Gasteiger partial charge in [0.15, 0.2) is 0 Å². The lowest BCUT2D eigenvalue weighted by Crippen LogP contribution is -2.34. The van der Waals surface area contributed by atoms with E-state index in [1.807, 2.05) is 18.3 Å². The van der Waals surface area contributed by atoms with E-state index >= 15 is 0 Å². The zero-order chi connectivity index (χ0) is 10.0. The summed E-state index contributed by atoms with van der Waals surface area (Å²) in [6, 6.07) is 6.02. The van der Waals surface area contributed by atoms with Crippen LogP contribution >= 0.6 is 0 Å². The summed E-state index contributed by atoms with van der Waals surface area (Å²) in [4.78, 5) is 4.38. The van der Waals surface area contributed by atoms with Crippen LogP contribution in [-0.2, 0) is 5.54 Å². The minimum Gasteiger partial charge on any atom is -0.320 e. The maximum absolute atomic E-state index is 6.38. The molecule has 2 rings (SSSR count). The molecule has 1 aromatic heterocycles. The molecular weight excluding hydrogens is 172 g/mol. The summed E-state index contributed by atoms with van der Waals surface area (Å²) in [7, 11) is 0. The molecule has 0 spiro atoms. The van der Waals surface area contributed by atoms with E-state index < -0.39 is 0 Å². The normalized spacial score (nSPS) is 32.0. The van der Waals surface area contributed by atoms with Gasteiger partial charge in [0.2, 0.25) is 0 Å². The van der Waals surface area contributed by atoms with Crippen LogP contribution in [0.15, 0.2) is 24.4 Å². The van der Waals surface area contributed by atoms with Gasteiger partial charge >= 0.3 is 0 Å². The molecule has 1 aliphatic carbocycles. The number of hydrogen-bond acceptors (Lipinski definition) is 2. The first-order valence-electron chi connectivity index (χ1n) is 5.45. The molecule has 2 nitrogen and oxygen atoms in total. The molecule has 1 heterocycles. The van der Waals surface area contributed by atoms with E-state index in [9.17, 15) is 0 Å². The topological polar surface area (TPSA) is 38.9 Å². The van der Waals surface area contributed by atoms with Gasteiger partial charge in [-0.25, -0.2) is 0 Å². The van der Waals surface area contributed by atoms with Crippen LogP contribution in [-0.4, -0.2) is 4.98 Å². The lowest BCUT2D eigenvalue weighted by Gasteiger charge is -2.23. The molecule has 76 valence electrons. The first-order chi connectivity index (χ1) is 6.74. The lowest BCUT2D eigenvalue weighted by atomic mass is 9.92. The molecule has 1 aliphatic rings. The minimum absolute atomic E-state index is 0.151. The second kappa shape index (κ2) is 3.70. The average Bonchev–Trinajstić information content (AvgIpc) is 2.63. The predicted molar refractivity (Wildman–Crippen MR) is 57.7 cm³/mol. The third-order valence-electron chi connectivity index (χ3n) is 3.40. The molecular formula is C12H18N2. The predicted octanol–water partition coefficient (Wildman–Crippen LogP) is 2.45. The third kappa shape index (κ3) is 1.67. The van der Waals surface area contributed by atoms with Crippen molar-refractivity contribution in [1.82, 2.24) is 4.98 Å². The number of nitrogens with zero attached hydrogens (tertiary/aromatic N) is 1. The van der Waals surface area contributed by atoms with Gasteiger partial charge in [0, 0.05) is 6.20 Å². The van der Waals surface area contributed by atoms with Crippen molar-refractivity contribution >= 4 is 0 Å². The molecule has 2 atom stereocenters. The Morgan fingerprint density at radius 1 is 1.57 bits per heavy atom. The minimum atomic E-state index is -0.151. The van der Waals surface area contributed by atoms with E-state index in [0.29, 0.717) is 0 Å². The second-order valence-corrected chi connectivity index (χ2v) is 4.39. The zero-order valence-electron chi connectivity index (χ0n) is 8.74. The molecule has 0 radical (unpaired) electrons. The monoisotopic (exact) mass is 190 g/mol. The van der Waals surface area contributed by atoms with Crippen molar-refractivity contribution in [3.8, 4) is 0 Å². The Hall–Kier alpha value is -0.890. The summed E-state index contributed by atoms with van der Waals surface area (Å²) in [6.07, 6.45) is 6.52. The van der Waals surface area contributed by atoms with E-state index in [1.54, 1.807) is 0 Å². The molecule has 2 N–H and O–H groups in total. The van der Waals surface area contributed by atoms with Crippen LogP contribution in [0.25, 0.3) is 0 Å². The van der Waals surface area contributed by atoms with Crippen molar-refractivity contribution in [2.75, 3.05) is 0 Å². The molecule has 1 fully saturated rings. The van der Waals surface area contributed by atoms with Gasteiger partial charge in [0.05, 0.1) is 11.2 Å². The first kappa shape index (κ1) is 9.66. The van der Waals surface area contributed by atoms with Gasteiger partial charge in [-0.1, -0.05) is 19.4 Å². The molecule has 2 unspecified atom stereocenters. The molecule has 0 bridgehead atoms. The summed E-state index contributed by atoms with van der Waals surface area (Å²) >= 11 is 0. The van der Waals surface area contributed by atoms with Gasteiger partial charge in [-0.05, 0) is 37.3 Å². The van der Waals surface area contributed by atoms with Crippen LogP contribution in [0.1, 0.15) is 38.3 Å². The third-order valence-corrected chi connectivity index (χ3v) is 3.40. The smallest absolute Gasteiger partial charge is 0.0602 e. The summed E-state index contributed by atoms with van der Waals surface area (Å²) in [6.45, 7) is 2.24. The van der Waals surface area contributed by atoms with Crippen LogP contribution in [0.3, 0.4) is 0 Å². The maximum Gasteiger partial charge on any atom is 0.0602 e. The van der Waals surface area contributed by atoms with E-state index in [0.717, 1.165) is 24.5 Å². The van der Waals surface area contributed by atoms with Gasteiger partial charge in [0.25, 0.3) is 0 Å². The Balaban J connectivity index is 2.19. The van der Waals surface area contributed by atoms with Gasteiger partial charge < -0.3 is 5.73 Å². The number of aromatic nitrogens is 1. The van der Waals surface area contributed by atoms with Crippen molar-refractivity contribution in [2.45, 2.75) is 38.1 Å². The molecule has 1 saturated carbocycles. The van der Waals surface area contributed by atoms with Crippen molar-refractivity contribution < 1.29 is 0 Å². The van der Waals surface area contributed by atoms with Crippen LogP contribution < -0.4 is 5.73 Å². The summed E-state index contributed by atoms with van der Waals surface area (Å²) in [5.74, 6) is 0.794. The highest BCUT2D eigenvalue weighted by molar-refractivity contribution is 5.17. The van der Waals surface area contributed by atoms with Gasteiger partial charge in [-0.2, -0.15) is 0 Å². The average molecular weight is 190 g/mol. The Morgan fingerprint density at radius 2 is 2.43 bits per heavy atom. The highest BCUT2D eigenvalue weighted by Gasteiger charge is 2.37. The summed E-state index contributed by atoms with van der Waals surface area (Å²) in [5, 5.41) is 0. The molecule has 2 heteroatoms. The maximum atomic E-state index is 6.38. The molecule has 1 aromatic rings. The van der Waals surface area contributed by atoms with Gasteiger partial charge in [-0.15, -0.1) is 0 Å². The van der Waals surface area contributed by atoms with E-state index in [2.05, 4.69) is 18.0 Å². The Labute approximate surface area is 85.5 Å². The SMILES string of the molecule is CCC1CCC(N)(c2ccccn2)C1. The van der Waals surface area contributed by atoms with Crippen molar-refractivity contribution in [3.05, 3.63) is 30.1 Å². The molecule has 0 amide bonds. The number of rotatable bonds is 2. The van der Waals surface area contributed by atoms with Gasteiger partial charge in [-0.3, -0.25) is 4.98 Å². The first-order valence-corrected chi connectivity index (χ1v) is 5.45. The highest BCUT2D eigenvalue weighted by atomic mass is 14.8. The Morgan fingerprint density at radius 3 is 3.00 bits per heavy atom. The van der Waals surface area contributed by atoms with E-state index in [-0.39, 0.29) is 5.54 Å². The van der Waals surface area contributed by atoms with E-state index in [1.165, 1.54) is 12.8 Å². The fourth-order valence-electron chi connectivity index (χ4n) is 2.42. The second-order valence-electron chi connectivity index (χ2n) is 4.39. The zero-order valence-corrected chi connectivity index (χ0v) is 8.74. The van der Waals surface area contributed by atoms with Crippen molar-refractivity contribution in [1.29, 1.82) is 0 Å². The Bertz CT molecular complexity index is 296. The standard InChI is InChI=1S/C12H18N2/c1-2-10-6-7-12(13,9-10)11-5-3-4-8-14-11/h3-5,8,10H,2,6-7,9,13H2,1H3. The largest absolute Gasteiger partial charge is 0.320 e. The number of hydrogen-bond donors (Lipinski definition) is 1. The number of nitrogens with two attached hydrogens (primary N) is 1.